The van der Waals surface area contributed by atoms with E-state index >= 15 is 0 Å². The van der Waals surface area contributed by atoms with Crippen LogP contribution >= 0.6 is 0 Å². The minimum atomic E-state index is -1.25. The van der Waals surface area contributed by atoms with Crippen LogP contribution in [0.5, 0.6) is 11.5 Å². The van der Waals surface area contributed by atoms with Crippen molar-refractivity contribution in [1.29, 1.82) is 0 Å². The van der Waals surface area contributed by atoms with E-state index in [4.69, 9.17) is 9.47 Å². The Morgan fingerprint density at radius 1 is 1.21 bits per heavy atom. The number of hydrogen-bond donors (Lipinski definition) is 1. The quantitative estimate of drug-likeness (QED) is 0.766. The van der Waals surface area contributed by atoms with Crippen molar-refractivity contribution in [3.63, 3.8) is 0 Å². The molecule has 1 aromatic carbocycles. The van der Waals surface area contributed by atoms with Crippen molar-refractivity contribution < 1.29 is 23.9 Å². The third kappa shape index (κ3) is 3.41. The Kier molecular flexibility index (Phi) is 5.10. The van der Waals surface area contributed by atoms with Gasteiger partial charge in [-0.15, -0.1) is 0 Å². The van der Waals surface area contributed by atoms with Crippen molar-refractivity contribution in [2.24, 2.45) is 0 Å². The van der Waals surface area contributed by atoms with Crippen LogP contribution in [-0.4, -0.2) is 53.6 Å². The molecule has 2 fully saturated rings. The molecule has 0 aromatic heterocycles. The van der Waals surface area contributed by atoms with Crippen molar-refractivity contribution in [2.75, 3.05) is 19.9 Å². The molecule has 1 aromatic rings. The predicted octanol–water partition coefficient (Wildman–Crippen LogP) is 2.36. The molecular weight excluding hydrogens is 374 g/mol. The summed E-state index contributed by atoms with van der Waals surface area (Å²) in [6.45, 7) is 4.05. The van der Waals surface area contributed by atoms with Crippen LogP contribution in [0.4, 0.5) is 4.79 Å². The first-order valence-electron chi connectivity index (χ1n) is 10.3. The molecule has 1 aliphatic carbocycles. The van der Waals surface area contributed by atoms with Gasteiger partial charge in [0.05, 0.1) is 0 Å². The van der Waals surface area contributed by atoms with Gasteiger partial charge in [-0.25, -0.2) is 4.79 Å². The standard InChI is InChI=1S/C21H27N3O5/c1-3-23(15-7-5-4-6-8-15)18(25)12-24-19(26)21(2,22-20(24)27)14-9-10-16-17(11-14)29-13-28-16/h9-11,15H,3-8,12-13H2,1-2H3,(H,22,27)/t21-/m1/s1. The summed E-state index contributed by atoms with van der Waals surface area (Å²) < 4.78 is 10.7. The Hall–Kier alpha value is -2.77. The maximum Gasteiger partial charge on any atom is 0.325 e. The Labute approximate surface area is 170 Å². The second-order valence-electron chi connectivity index (χ2n) is 7.99. The van der Waals surface area contributed by atoms with E-state index in [1.807, 2.05) is 11.8 Å². The average molecular weight is 401 g/mol. The van der Waals surface area contributed by atoms with Gasteiger partial charge in [0.15, 0.2) is 11.5 Å². The van der Waals surface area contributed by atoms with Crippen molar-refractivity contribution in [3.8, 4) is 11.5 Å². The van der Waals surface area contributed by atoms with Crippen molar-refractivity contribution in [3.05, 3.63) is 23.8 Å². The minimum Gasteiger partial charge on any atom is -0.454 e. The van der Waals surface area contributed by atoms with E-state index in [0.717, 1.165) is 30.6 Å². The lowest BCUT2D eigenvalue weighted by atomic mass is 9.91. The van der Waals surface area contributed by atoms with Gasteiger partial charge in [0, 0.05) is 12.6 Å². The zero-order valence-electron chi connectivity index (χ0n) is 16.9. The number of benzene rings is 1. The number of nitrogens with one attached hydrogen (secondary N) is 1. The van der Waals surface area contributed by atoms with Gasteiger partial charge in [-0.05, 0) is 44.4 Å². The summed E-state index contributed by atoms with van der Waals surface area (Å²) in [6, 6.07) is 4.80. The van der Waals surface area contributed by atoms with Gasteiger partial charge in [-0.3, -0.25) is 14.5 Å². The molecule has 4 amide bonds. The topological polar surface area (TPSA) is 88.2 Å². The Bertz CT molecular complexity index is 836. The third-order valence-corrected chi connectivity index (χ3v) is 6.19. The normalized spacial score (nSPS) is 24.0. The van der Waals surface area contributed by atoms with Gasteiger partial charge in [-0.2, -0.15) is 0 Å². The van der Waals surface area contributed by atoms with Crippen LogP contribution in [0.3, 0.4) is 0 Å². The van der Waals surface area contributed by atoms with Crippen LogP contribution in [0.25, 0.3) is 0 Å². The summed E-state index contributed by atoms with van der Waals surface area (Å²) in [7, 11) is 0. The smallest absolute Gasteiger partial charge is 0.325 e. The first-order valence-corrected chi connectivity index (χ1v) is 10.3. The van der Waals surface area contributed by atoms with Crippen LogP contribution < -0.4 is 14.8 Å². The number of rotatable bonds is 5. The van der Waals surface area contributed by atoms with Crippen molar-refractivity contribution >= 4 is 17.8 Å². The monoisotopic (exact) mass is 401 g/mol. The summed E-state index contributed by atoms with van der Waals surface area (Å²) in [5.74, 6) is 0.522. The molecule has 4 rings (SSSR count). The molecule has 1 saturated carbocycles. The van der Waals surface area contributed by atoms with Crippen LogP contribution in [-0.2, 0) is 15.1 Å². The minimum absolute atomic E-state index is 0.129. The molecule has 1 atom stereocenters. The van der Waals surface area contributed by atoms with E-state index in [1.165, 1.54) is 6.42 Å². The number of hydrogen-bond acceptors (Lipinski definition) is 5. The summed E-state index contributed by atoms with van der Waals surface area (Å²) in [5, 5.41) is 2.75. The zero-order valence-corrected chi connectivity index (χ0v) is 16.9. The van der Waals surface area contributed by atoms with Gasteiger partial charge in [-0.1, -0.05) is 25.3 Å². The summed E-state index contributed by atoms with van der Waals surface area (Å²) in [6.07, 6.45) is 5.38. The molecule has 0 bridgehead atoms. The number of imide groups is 1. The summed E-state index contributed by atoms with van der Waals surface area (Å²) in [5.41, 5.74) is -0.657. The highest BCUT2D eigenvalue weighted by Gasteiger charge is 2.50. The molecule has 1 saturated heterocycles. The fourth-order valence-electron chi connectivity index (χ4n) is 4.50. The fraction of sp³-hybridized carbons (Fsp3) is 0.571. The molecule has 156 valence electrons. The largest absolute Gasteiger partial charge is 0.454 e. The highest BCUT2D eigenvalue weighted by atomic mass is 16.7. The zero-order chi connectivity index (χ0) is 20.6. The van der Waals surface area contributed by atoms with Crippen LogP contribution in [0.1, 0.15) is 51.5 Å². The van der Waals surface area contributed by atoms with Gasteiger partial charge in [0.2, 0.25) is 12.7 Å². The predicted molar refractivity (Wildman–Crippen MR) is 104 cm³/mol. The first kappa shape index (κ1) is 19.5. The summed E-state index contributed by atoms with van der Waals surface area (Å²) in [4.78, 5) is 41.5. The Balaban J connectivity index is 1.51. The Morgan fingerprint density at radius 3 is 2.66 bits per heavy atom. The molecule has 2 heterocycles. The molecule has 8 nitrogen and oxygen atoms in total. The third-order valence-electron chi connectivity index (χ3n) is 6.19. The molecule has 0 spiro atoms. The number of ether oxygens (including phenoxy) is 2. The Morgan fingerprint density at radius 2 is 1.93 bits per heavy atom. The first-order chi connectivity index (χ1) is 13.9. The SMILES string of the molecule is CCN(C(=O)CN1C(=O)N[C@](C)(c2ccc3c(c2)OCO3)C1=O)C1CCCCC1. The van der Waals surface area contributed by atoms with Crippen LogP contribution in [0.2, 0.25) is 0 Å². The fourth-order valence-corrected chi connectivity index (χ4v) is 4.50. The van der Waals surface area contributed by atoms with E-state index in [0.29, 0.717) is 23.6 Å². The second-order valence-corrected chi connectivity index (χ2v) is 7.99. The lowest BCUT2D eigenvalue weighted by Gasteiger charge is -2.34. The number of amides is 4. The van der Waals surface area contributed by atoms with E-state index in [-0.39, 0.29) is 25.3 Å². The lowest BCUT2D eigenvalue weighted by molar-refractivity contribution is -0.140. The summed E-state index contributed by atoms with van der Waals surface area (Å²) >= 11 is 0. The molecule has 29 heavy (non-hydrogen) atoms. The highest BCUT2D eigenvalue weighted by molar-refractivity contribution is 6.09. The van der Waals surface area contributed by atoms with Crippen LogP contribution in [0.15, 0.2) is 18.2 Å². The number of urea groups is 1. The lowest BCUT2D eigenvalue weighted by Crippen LogP contribution is -2.48. The number of likely N-dealkylation sites (N-methyl/N-ethyl adjacent to an activating group) is 1. The van der Waals surface area contributed by atoms with Gasteiger partial charge >= 0.3 is 6.03 Å². The van der Waals surface area contributed by atoms with Crippen molar-refractivity contribution in [2.45, 2.75) is 57.5 Å². The van der Waals surface area contributed by atoms with E-state index < -0.39 is 17.5 Å². The van der Waals surface area contributed by atoms with E-state index in [1.54, 1.807) is 25.1 Å². The maximum atomic E-state index is 13.2. The van der Waals surface area contributed by atoms with Crippen molar-refractivity contribution in [1.82, 2.24) is 15.1 Å². The van der Waals surface area contributed by atoms with Gasteiger partial charge in [0.1, 0.15) is 12.1 Å². The number of nitrogens with zero attached hydrogens (tertiary/aromatic N) is 2. The molecular formula is C21H27N3O5. The van der Waals surface area contributed by atoms with E-state index in [9.17, 15) is 14.4 Å². The average Bonchev–Trinajstić information content (AvgIpc) is 3.28. The van der Waals surface area contributed by atoms with Gasteiger partial charge < -0.3 is 19.7 Å². The molecule has 3 aliphatic rings. The number of carbonyl (C=O) groups excluding carboxylic acids is 3. The second kappa shape index (κ2) is 7.57. The molecule has 0 radical (unpaired) electrons. The molecule has 2 aliphatic heterocycles. The maximum absolute atomic E-state index is 13.2. The highest BCUT2D eigenvalue weighted by Crippen LogP contribution is 2.37. The molecule has 8 heteroatoms. The van der Waals surface area contributed by atoms with Gasteiger partial charge in [0.25, 0.3) is 5.91 Å². The van der Waals surface area contributed by atoms with E-state index in [2.05, 4.69) is 5.32 Å². The number of fused-ring (bicyclic) bond motifs is 1. The number of carbonyl (C=O) groups is 3. The van der Waals surface area contributed by atoms with Crippen LogP contribution in [0, 0.1) is 0 Å². The molecule has 0 unspecified atom stereocenters. The molecule has 1 N–H and O–H groups in total.